The Labute approximate surface area is 156 Å². The largest absolute Gasteiger partial charge is 0.321 e. The first-order valence-corrected chi connectivity index (χ1v) is 10.3. The van der Waals surface area contributed by atoms with Crippen molar-refractivity contribution in [2.24, 2.45) is 0 Å². The molecule has 1 saturated heterocycles. The molecular weight excluding hydrogens is 404 g/mol. The highest BCUT2D eigenvalue weighted by molar-refractivity contribution is 9.10. The van der Waals surface area contributed by atoms with Crippen LogP contribution in [-0.2, 0) is 10.0 Å². The number of nitrogens with zero attached hydrogens (tertiary/aromatic N) is 1. The lowest BCUT2D eigenvalue weighted by Gasteiger charge is -2.18. The molecule has 25 heavy (non-hydrogen) atoms. The molecule has 1 aliphatic heterocycles. The molecule has 0 saturated carbocycles. The maximum atomic E-state index is 12.8. The quantitative estimate of drug-likeness (QED) is 0.814. The molecule has 1 amide bonds. The van der Waals surface area contributed by atoms with Crippen molar-refractivity contribution in [3.63, 3.8) is 0 Å². The summed E-state index contributed by atoms with van der Waals surface area (Å²) in [5.74, 6) is -0.343. The van der Waals surface area contributed by atoms with Gasteiger partial charge >= 0.3 is 0 Å². The van der Waals surface area contributed by atoms with Gasteiger partial charge in [0.25, 0.3) is 5.91 Å². The lowest BCUT2D eigenvalue weighted by atomic mass is 10.1. The van der Waals surface area contributed by atoms with Gasteiger partial charge in [0, 0.05) is 23.1 Å². The number of amides is 1. The first kappa shape index (κ1) is 18.1. The molecule has 2 aromatic rings. The van der Waals surface area contributed by atoms with Crippen molar-refractivity contribution in [2.75, 3.05) is 18.4 Å². The van der Waals surface area contributed by atoms with Crippen LogP contribution in [0.1, 0.15) is 28.8 Å². The third-order valence-corrected chi connectivity index (χ3v) is 6.99. The molecule has 1 aliphatic rings. The summed E-state index contributed by atoms with van der Waals surface area (Å²) in [7, 11) is -3.56. The molecule has 132 valence electrons. The molecule has 1 fully saturated rings. The van der Waals surface area contributed by atoms with Gasteiger partial charge < -0.3 is 5.32 Å². The summed E-state index contributed by atoms with van der Waals surface area (Å²) in [4.78, 5) is 12.7. The van der Waals surface area contributed by atoms with Crippen LogP contribution in [0.3, 0.4) is 0 Å². The van der Waals surface area contributed by atoms with Crippen molar-refractivity contribution in [1.82, 2.24) is 4.31 Å². The van der Waals surface area contributed by atoms with E-state index in [4.69, 9.17) is 0 Å². The molecule has 0 radical (unpaired) electrons. The highest BCUT2D eigenvalue weighted by Gasteiger charge is 2.29. The van der Waals surface area contributed by atoms with Gasteiger partial charge in [0.05, 0.1) is 10.6 Å². The second-order valence-corrected chi connectivity index (χ2v) is 8.79. The van der Waals surface area contributed by atoms with Crippen LogP contribution in [-0.4, -0.2) is 31.7 Å². The monoisotopic (exact) mass is 422 g/mol. The Morgan fingerprint density at radius 1 is 1.12 bits per heavy atom. The van der Waals surface area contributed by atoms with E-state index in [-0.39, 0.29) is 10.8 Å². The number of hydrogen-bond acceptors (Lipinski definition) is 3. The van der Waals surface area contributed by atoms with Crippen LogP contribution in [0.25, 0.3) is 0 Å². The number of carbonyl (C=O) groups excluding carboxylic acids is 1. The van der Waals surface area contributed by atoms with Gasteiger partial charge in [-0.1, -0.05) is 18.2 Å². The lowest BCUT2D eigenvalue weighted by Crippen LogP contribution is -2.28. The molecule has 0 bridgehead atoms. The smallest absolute Gasteiger partial charge is 0.255 e. The Morgan fingerprint density at radius 2 is 1.80 bits per heavy atom. The summed E-state index contributed by atoms with van der Waals surface area (Å²) in [5.41, 5.74) is 1.60. The van der Waals surface area contributed by atoms with Crippen LogP contribution in [0.4, 0.5) is 5.69 Å². The van der Waals surface area contributed by atoms with E-state index in [1.807, 2.05) is 18.2 Å². The minimum absolute atomic E-state index is 0.203. The highest BCUT2D eigenvalue weighted by Crippen LogP contribution is 2.26. The summed E-state index contributed by atoms with van der Waals surface area (Å²) < 4.78 is 27.9. The molecule has 0 atom stereocenters. The molecular formula is C18H19BrN2O3S. The van der Waals surface area contributed by atoms with E-state index in [9.17, 15) is 13.2 Å². The van der Waals surface area contributed by atoms with Crippen LogP contribution >= 0.6 is 15.9 Å². The zero-order valence-electron chi connectivity index (χ0n) is 13.8. The van der Waals surface area contributed by atoms with Gasteiger partial charge in [0.2, 0.25) is 10.0 Å². The summed E-state index contributed by atoms with van der Waals surface area (Å²) >= 11 is 3.38. The van der Waals surface area contributed by atoms with E-state index in [0.717, 1.165) is 17.3 Å². The fourth-order valence-corrected chi connectivity index (χ4v) is 5.00. The Morgan fingerprint density at radius 3 is 2.48 bits per heavy atom. The molecule has 0 spiro atoms. The number of para-hydroxylation sites is 1. The van der Waals surface area contributed by atoms with Crippen LogP contribution in [0.2, 0.25) is 0 Å². The standard InChI is InChI=1S/C18H19BrN2O3S/c1-13-8-9-14(18(22)20-16-7-3-2-6-15(16)19)12-17(13)25(23,24)21-10-4-5-11-21/h2-3,6-9,12H,4-5,10-11H2,1H3,(H,20,22). The Hall–Kier alpha value is -1.70. The Bertz CT molecular complexity index is 906. The predicted molar refractivity (Wildman–Crippen MR) is 101 cm³/mol. The van der Waals surface area contributed by atoms with Gasteiger partial charge in [-0.25, -0.2) is 8.42 Å². The van der Waals surface area contributed by atoms with Gasteiger partial charge in [0.15, 0.2) is 0 Å². The number of hydrogen-bond donors (Lipinski definition) is 1. The molecule has 1 heterocycles. The van der Waals surface area contributed by atoms with Crippen molar-refractivity contribution in [1.29, 1.82) is 0 Å². The average Bonchev–Trinajstić information content (AvgIpc) is 3.12. The van der Waals surface area contributed by atoms with Crippen LogP contribution in [0.15, 0.2) is 51.8 Å². The van der Waals surface area contributed by atoms with Gasteiger partial charge in [-0.05, 0) is 65.5 Å². The topological polar surface area (TPSA) is 66.5 Å². The van der Waals surface area contributed by atoms with E-state index in [0.29, 0.717) is 29.9 Å². The number of anilines is 1. The zero-order valence-corrected chi connectivity index (χ0v) is 16.2. The number of carbonyl (C=O) groups is 1. The van der Waals surface area contributed by atoms with Crippen LogP contribution in [0, 0.1) is 6.92 Å². The van der Waals surface area contributed by atoms with E-state index in [2.05, 4.69) is 21.2 Å². The van der Waals surface area contributed by atoms with Crippen LogP contribution in [0.5, 0.6) is 0 Å². The molecule has 0 aromatic heterocycles. The van der Waals surface area contributed by atoms with Gasteiger partial charge in [0.1, 0.15) is 0 Å². The molecule has 5 nitrogen and oxygen atoms in total. The molecule has 0 unspecified atom stereocenters. The summed E-state index contributed by atoms with van der Waals surface area (Å²) in [6.45, 7) is 2.82. The average molecular weight is 423 g/mol. The van der Waals surface area contributed by atoms with E-state index in [1.165, 1.54) is 10.4 Å². The second kappa shape index (κ2) is 7.27. The van der Waals surface area contributed by atoms with Crippen molar-refractivity contribution >= 4 is 37.5 Å². The lowest BCUT2D eigenvalue weighted by molar-refractivity contribution is 0.102. The van der Waals surface area contributed by atoms with Crippen molar-refractivity contribution < 1.29 is 13.2 Å². The first-order chi connectivity index (χ1) is 11.9. The van der Waals surface area contributed by atoms with Crippen molar-refractivity contribution in [3.05, 3.63) is 58.1 Å². The van der Waals surface area contributed by atoms with Gasteiger partial charge in [-0.3, -0.25) is 4.79 Å². The molecule has 7 heteroatoms. The highest BCUT2D eigenvalue weighted by atomic mass is 79.9. The normalized spacial score (nSPS) is 15.3. The number of nitrogens with one attached hydrogen (secondary N) is 1. The minimum Gasteiger partial charge on any atom is -0.321 e. The Kier molecular flexibility index (Phi) is 5.27. The maximum Gasteiger partial charge on any atom is 0.255 e. The molecule has 1 N–H and O–H groups in total. The number of benzene rings is 2. The summed E-state index contributed by atoms with van der Waals surface area (Å²) in [6, 6.07) is 12.1. The third-order valence-electron chi connectivity index (χ3n) is 4.26. The second-order valence-electron chi connectivity index (χ2n) is 6.03. The minimum atomic E-state index is -3.56. The van der Waals surface area contributed by atoms with Gasteiger partial charge in [-0.15, -0.1) is 0 Å². The number of halogens is 1. The van der Waals surface area contributed by atoms with Crippen molar-refractivity contribution in [2.45, 2.75) is 24.7 Å². The fourth-order valence-electron chi connectivity index (χ4n) is 2.84. The molecule has 3 rings (SSSR count). The first-order valence-electron chi connectivity index (χ1n) is 8.06. The fraction of sp³-hybridized carbons (Fsp3) is 0.278. The SMILES string of the molecule is Cc1ccc(C(=O)Nc2ccccc2Br)cc1S(=O)(=O)N1CCCC1. The summed E-state index contributed by atoms with van der Waals surface area (Å²) in [6.07, 6.45) is 1.75. The van der Waals surface area contributed by atoms with E-state index < -0.39 is 10.0 Å². The van der Waals surface area contributed by atoms with E-state index in [1.54, 1.807) is 25.1 Å². The Balaban J connectivity index is 1.91. The van der Waals surface area contributed by atoms with Crippen molar-refractivity contribution in [3.8, 4) is 0 Å². The predicted octanol–water partition coefficient (Wildman–Crippen LogP) is 3.79. The third kappa shape index (κ3) is 3.78. The van der Waals surface area contributed by atoms with E-state index >= 15 is 0 Å². The van der Waals surface area contributed by atoms with Gasteiger partial charge in [-0.2, -0.15) is 4.31 Å². The molecule has 2 aromatic carbocycles. The maximum absolute atomic E-state index is 12.8. The number of sulfonamides is 1. The van der Waals surface area contributed by atoms with Crippen LogP contribution < -0.4 is 5.32 Å². The number of rotatable bonds is 4. The number of aryl methyl sites for hydroxylation is 1. The zero-order chi connectivity index (χ0) is 18.0. The summed E-state index contributed by atoms with van der Waals surface area (Å²) in [5, 5.41) is 2.80. The molecule has 0 aliphatic carbocycles.